The van der Waals surface area contributed by atoms with Crippen LogP contribution in [0.1, 0.15) is 36.0 Å². The van der Waals surface area contributed by atoms with Gasteiger partial charge in [-0.25, -0.2) is 4.98 Å². The minimum absolute atomic E-state index is 0.0768. The van der Waals surface area contributed by atoms with Crippen molar-refractivity contribution >= 4 is 5.91 Å². The van der Waals surface area contributed by atoms with Gasteiger partial charge in [0, 0.05) is 31.8 Å². The lowest BCUT2D eigenvalue weighted by Crippen LogP contribution is -2.35. The zero-order valence-electron chi connectivity index (χ0n) is 11.6. The maximum atomic E-state index is 12.3. The van der Waals surface area contributed by atoms with Crippen molar-refractivity contribution in [2.45, 2.75) is 31.8 Å². The molecule has 2 saturated heterocycles. The predicted molar refractivity (Wildman–Crippen MR) is 73.8 cm³/mol. The lowest BCUT2D eigenvalue weighted by atomic mass is 10.1. The van der Waals surface area contributed by atoms with E-state index in [2.05, 4.69) is 4.98 Å². The molecule has 1 aromatic rings. The molecule has 0 aromatic carbocycles. The summed E-state index contributed by atoms with van der Waals surface area (Å²) in [6.07, 6.45) is 6.02. The molecule has 0 saturated carbocycles. The van der Waals surface area contributed by atoms with Crippen molar-refractivity contribution in [3.8, 4) is 5.88 Å². The highest BCUT2D eigenvalue weighted by Crippen LogP contribution is 2.17. The first kappa shape index (κ1) is 13.4. The minimum Gasteiger partial charge on any atom is -0.472 e. The number of hydrogen-bond donors (Lipinski definition) is 0. The summed E-state index contributed by atoms with van der Waals surface area (Å²) in [5, 5.41) is 0. The Morgan fingerprint density at radius 3 is 2.80 bits per heavy atom. The number of likely N-dealkylation sites (tertiary alicyclic amines) is 1. The molecule has 3 rings (SSSR count). The molecule has 20 heavy (non-hydrogen) atoms. The van der Waals surface area contributed by atoms with Crippen LogP contribution in [-0.2, 0) is 4.74 Å². The number of rotatable bonds is 3. The quantitative estimate of drug-likeness (QED) is 0.846. The van der Waals surface area contributed by atoms with Gasteiger partial charge < -0.3 is 14.4 Å². The van der Waals surface area contributed by atoms with Gasteiger partial charge >= 0.3 is 0 Å². The van der Waals surface area contributed by atoms with Gasteiger partial charge in [-0.2, -0.15) is 0 Å². The lowest BCUT2D eigenvalue weighted by Gasteiger charge is -2.26. The van der Waals surface area contributed by atoms with Crippen molar-refractivity contribution in [2.75, 3.05) is 26.3 Å². The Balaban J connectivity index is 1.61. The number of piperidine rings is 1. The highest BCUT2D eigenvalue weighted by atomic mass is 16.5. The third-order valence-electron chi connectivity index (χ3n) is 3.80. The summed E-state index contributed by atoms with van der Waals surface area (Å²) in [4.78, 5) is 18.4. The number of amides is 1. The van der Waals surface area contributed by atoms with Crippen molar-refractivity contribution in [3.63, 3.8) is 0 Å². The van der Waals surface area contributed by atoms with Crippen LogP contribution in [-0.4, -0.2) is 48.2 Å². The van der Waals surface area contributed by atoms with Crippen LogP contribution >= 0.6 is 0 Å². The Morgan fingerprint density at radius 2 is 2.15 bits per heavy atom. The number of hydrogen-bond acceptors (Lipinski definition) is 4. The highest BCUT2D eigenvalue weighted by molar-refractivity contribution is 5.94. The SMILES string of the molecule is O=C(c1ccc(OC2CCOC2)nc1)N1CCCCC1. The molecule has 0 N–H and O–H groups in total. The molecule has 0 radical (unpaired) electrons. The van der Waals surface area contributed by atoms with E-state index in [-0.39, 0.29) is 12.0 Å². The number of pyridine rings is 1. The van der Waals surface area contributed by atoms with Gasteiger partial charge in [0.05, 0.1) is 18.8 Å². The molecular weight excluding hydrogens is 256 g/mol. The second-order valence-electron chi connectivity index (χ2n) is 5.34. The standard InChI is InChI=1S/C15H20N2O3/c18-15(17-7-2-1-3-8-17)12-4-5-14(16-10-12)20-13-6-9-19-11-13/h4-5,10,13H,1-3,6-9,11H2. The van der Waals surface area contributed by atoms with Crippen molar-refractivity contribution in [3.05, 3.63) is 23.9 Å². The average molecular weight is 276 g/mol. The van der Waals surface area contributed by atoms with Crippen LogP contribution in [0.25, 0.3) is 0 Å². The van der Waals surface area contributed by atoms with Crippen molar-refractivity contribution in [2.24, 2.45) is 0 Å². The molecule has 1 atom stereocenters. The number of aromatic nitrogens is 1. The van der Waals surface area contributed by atoms with Crippen LogP contribution < -0.4 is 4.74 Å². The van der Waals surface area contributed by atoms with Gasteiger partial charge in [-0.1, -0.05) is 0 Å². The first-order chi connectivity index (χ1) is 9.83. The van der Waals surface area contributed by atoms with Gasteiger partial charge in [0.1, 0.15) is 6.10 Å². The normalized spacial score (nSPS) is 22.8. The van der Waals surface area contributed by atoms with Gasteiger partial charge in [0.2, 0.25) is 5.88 Å². The van der Waals surface area contributed by atoms with Gasteiger partial charge in [0.15, 0.2) is 0 Å². The number of ether oxygens (including phenoxy) is 2. The van der Waals surface area contributed by atoms with Crippen molar-refractivity contribution < 1.29 is 14.3 Å². The van der Waals surface area contributed by atoms with E-state index in [9.17, 15) is 4.79 Å². The average Bonchev–Trinajstić information content (AvgIpc) is 3.01. The summed E-state index contributed by atoms with van der Waals surface area (Å²) in [7, 11) is 0. The summed E-state index contributed by atoms with van der Waals surface area (Å²) in [6.45, 7) is 3.08. The van der Waals surface area contributed by atoms with Gasteiger partial charge in [-0.3, -0.25) is 4.79 Å². The maximum Gasteiger partial charge on any atom is 0.255 e. The van der Waals surface area contributed by atoms with Crippen LogP contribution in [0.4, 0.5) is 0 Å². The Bertz CT molecular complexity index is 449. The molecule has 5 nitrogen and oxygen atoms in total. The van der Waals surface area contributed by atoms with Crippen LogP contribution in [0.15, 0.2) is 18.3 Å². The maximum absolute atomic E-state index is 12.3. The summed E-state index contributed by atoms with van der Waals surface area (Å²) < 4.78 is 11.0. The molecule has 1 amide bonds. The molecule has 0 spiro atoms. The second kappa shape index (κ2) is 6.22. The predicted octanol–water partition coefficient (Wildman–Crippen LogP) is 1.88. The van der Waals surface area contributed by atoms with E-state index in [0.29, 0.717) is 18.1 Å². The van der Waals surface area contributed by atoms with E-state index in [1.807, 2.05) is 4.90 Å². The fraction of sp³-hybridized carbons (Fsp3) is 0.600. The zero-order valence-corrected chi connectivity index (χ0v) is 11.6. The Hall–Kier alpha value is -1.62. The molecule has 5 heteroatoms. The Labute approximate surface area is 118 Å². The van der Waals surface area contributed by atoms with Gasteiger partial charge in [-0.15, -0.1) is 0 Å². The smallest absolute Gasteiger partial charge is 0.255 e. The molecule has 0 aliphatic carbocycles. The van der Waals surface area contributed by atoms with Gasteiger partial charge in [-0.05, 0) is 25.3 Å². The topological polar surface area (TPSA) is 51.7 Å². The van der Waals surface area contributed by atoms with E-state index in [4.69, 9.17) is 9.47 Å². The molecule has 108 valence electrons. The first-order valence-electron chi connectivity index (χ1n) is 7.33. The second-order valence-corrected chi connectivity index (χ2v) is 5.34. The molecule has 2 aliphatic heterocycles. The Kier molecular flexibility index (Phi) is 4.16. The minimum atomic E-state index is 0.0768. The first-order valence-corrected chi connectivity index (χ1v) is 7.33. The number of carbonyl (C=O) groups excluding carboxylic acids is 1. The lowest BCUT2D eigenvalue weighted by molar-refractivity contribution is 0.0723. The zero-order chi connectivity index (χ0) is 13.8. The monoisotopic (exact) mass is 276 g/mol. The molecule has 2 aliphatic rings. The summed E-state index contributed by atoms with van der Waals surface area (Å²) in [5.74, 6) is 0.642. The number of carbonyl (C=O) groups is 1. The van der Waals surface area contributed by atoms with E-state index in [1.54, 1.807) is 18.3 Å². The molecule has 3 heterocycles. The van der Waals surface area contributed by atoms with Crippen LogP contribution in [0, 0.1) is 0 Å². The van der Waals surface area contributed by atoms with Crippen molar-refractivity contribution in [1.29, 1.82) is 0 Å². The summed E-state index contributed by atoms with van der Waals surface area (Å²) in [6, 6.07) is 3.57. The Morgan fingerprint density at radius 1 is 1.30 bits per heavy atom. The van der Waals surface area contributed by atoms with Crippen LogP contribution in [0.3, 0.4) is 0 Å². The summed E-state index contributed by atoms with van der Waals surface area (Å²) in [5.41, 5.74) is 0.641. The molecule has 0 bridgehead atoms. The van der Waals surface area contributed by atoms with Crippen LogP contribution in [0.2, 0.25) is 0 Å². The van der Waals surface area contributed by atoms with Gasteiger partial charge in [0.25, 0.3) is 5.91 Å². The fourth-order valence-electron chi connectivity index (χ4n) is 2.63. The van der Waals surface area contributed by atoms with E-state index < -0.39 is 0 Å². The van der Waals surface area contributed by atoms with E-state index in [1.165, 1.54) is 6.42 Å². The third-order valence-corrected chi connectivity index (χ3v) is 3.80. The van der Waals surface area contributed by atoms with E-state index >= 15 is 0 Å². The molecule has 1 aromatic heterocycles. The summed E-state index contributed by atoms with van der Waals surface area (Å²) >= 11 is 0. The molecule has 1 unspecified atom stereocenters. The third kappa shape index (κ3) is 3.10. The fourth-order valence-corrected chi connectivity index (χ4v) is 2.63. The molecule has 2 fully saturated rings. The van der Waals surface area contributed by atoms with E-state index in [0.717, 1.165) is 39.0 Å². The molecular formula is C15H20N2O3. The number of nitrogens with zero attached hydrogens (tertiary/aromatic N) is 2. The highest BCUT2D eigenvalue weighted by Gasteiger charge is 2.20. The van der Waals surface area contributed by atoms with Crippen LogP contribution in [0.5, 0.6) is 5.88 Å². The largest absolute Gasteiger partial charge is 0.472 e. The van der Waals surface area contributed by atoms with Crippen molar-refractivity contribution in [1.82, 2.24) is 9.88 Å².